The maximum Gasteiger partial charge on any atom is 0.251 e. The van der Waals surface area contributed by atoms with Crippen molar-refractivity contribution in [1.29, 1.82) is 0 Å². The topological polar surface area (TPSA) is 46.9 Å². The number of rotatable bonds is 5. The van der Waals surface area contributed by atoms with Gasteiger partial charge in [0.1, 0.15) is 5.82 Å². The number of benzene rings is 2. The van der Waals surface area contributed by atoms with Crippen LogP contribution in [0.25, 0.3) is 11.0 Å². The van der Waals surface area contributed by atoms with Crippen LogP contribution in [0.5, 0.6) is 0 Å². The predicted octanol–water partition coefficient (Wildman–Crippen LogP) is 3.65. The van der Waals surface area contributed by atoms with Gasteiger partial charge in [-0.25, -0.2) is 4.98 Å². The molecule has 0 radical (unpaired) electrons. The Labute approximate surface area is 142 Å². The lowest BCUT2D eigenvalue weighted by Gasteiger charge is -2.09. The molecule has 0 atom stereocenters. The number of hydrogen-bond donors (Lipinski definition) is 1. The number of para-hydroxylation sites is 2. The molecule has 0 saturated carbocycles. The normalized spacial score (nSPS) is 11.0. The molecule has 24 heavy (non-hydrogen) atoms. The zero-order chi connectivity index (χ0) is 17.1. The fourth-order valence-electron chi connectivity index (χ4n) is 3.12. The number of fused-ring (bicyclic) bond motifs is 1. The van der Waals surface area contributed by atoms with Gasteiger partial charge >= 0.3 is 0 Å². The molecule has 0 aliphatic carbocycles. The molecule has 1 aromatic heterocycles. The molecular weight excluding hydrogens is 298 g/mol. The Balaban J connectivity index is 1.69. The highest BCUT2D eigenvalue weighted by Crippen LogP contribution is 2.16. The number of aryl methyl sites for hydroxylation is 3. The molecule has 4 nitrogen and oxygen atoms in total. The molecule has 0 fully saturated rings. The first-order chi connectivity index (χ1) is 11.6. The average Bonchev–Trinajstić information content (AvgIpc) is 2.92. The van der Waals surface area contributed by atoms with Crippen LogP contribution >= 0.6 is 0 Å². The molecular formula is C20H23N3O. The first-order valence-electron chi connectivity index (χ1n) is 8.39. The molecule has 1 amide bonds. The van der Waals surface area contributed by atoms with Crippen molar-refractivity contribution in [3.63, 3.8) is 0 Å². The number of hydrogen-bond acceptors (Lipinski definition) is 2. The summed E-state index contributed by atoms with van der Waals surface area (Å²) in [6.07, 6.45) is 0.721. The van der Waals surface area contributed by atoms with E-state index in [9.17, 15) is 4.79 Å². The highest BCUT2D eigenvalue weighted by molar-refractivity contribution is 5.95. The maximum atomic E-state index is 12.4. The van der Waals surface area contributed by atoms with E-state index in [1.54, 1.807) is 0 Å². The van der Waals surface area contributed by atoms with Crippen molar-refractivity contribution in [3.8, 4) is 0 Å². The second-order valence-electron chi connectivity index (χ2n) is 6.09. The van der Waals surface area contributed by atoms with Gasteiger partial charge in [0.25, 0.3) is 5.91 Å². The first kappa shape index (κ1) is 16.2. The van der Waals surface area contributed by atoms with Crippen LogP contribution < -0.4 is 5.32 Å². The monoisotopic (exact) mass is 321 g/mol. The molecule has 0 unspecified atom stereocenters. The third kappa shape index (κ3) is 3.18. The summed E-state index contributed by atoms with van der Waals surface area (Å²) in [7, 11) is 0. The van der Waals surface area contributed by atoms with E-state index in [0.717, 1.165) is 41.0 Å². The molecule has 124 valence electrons. The Hall–Kier alpha value is -2.62. The lowest BCUT2D eigenvalue weighted by atomic mass is 10.1. The summed E-state index contributed by atoms with van der Waals surface area (Å²) in [5, 5.41) is 3.01. The van der Waals surface area contributed by atoms with Crippen LogP contribution in [-0.2, 0) is 13.0 Å². The lowest BCUT2D eigenvalue weighted by molar-refractivity contribution is 0.0953. The van der Waals surface area contributed by atoms with Gasteiger partial charge < -0.3 is 9.88 Å². The van der Waals surface area contributed by atoms with Crippen LogP contribution in [0.4, 0.5) is 0 Å². The summed E-state index contributed by atoms with van der Waals surface area (Å²) in [5.41, 5.74) is 5.07. The van der Waals surface area contributed by atoms with E-state index >= 15 is 0 Å². The zero-order valence-electron chi connectivity index (χ0n) is 14.5. The number of amides is 1. The van der Waals surface area contributed by atoms with Crippen molar-refractivity contribution in [1.82, 2.24) is 14.9 Å². The van der Waals surface area contributed by atoms with Crippen molar-refractivity contribution >= 4 is 16.9 Å². The molecule has 1 heterocycles. The van der Waals surface area contributed by atoms with E-state index in [2.05, 4.69) is 22.9 Å². The highest BCUT2D eigenvalue weighted by atomic mass is 16.1. The van der Waals surface area contributed by atoms with Gasteiger partial charge in [-0.15, -0.1) is 0 Å². The zero-order valence-corrected chi connectivity index (χ0v) is 14.5. The molecule has 0 aliphatic heterocycles. The van der Waals surface area contributed by atoms with E-state index in [0.29, 0.717) is 6.54 Å². The van der Waals surface area contributed by atoms with Gasteiger partial charge in [0, 0.05) is 25.1 Å². The molecule has 3 rings (SSSR count). The van der Waals surface area contributed by atoms with Gasteiger partial charge in [-0.3, -0.25) is 4.79 Å². The van der Waals surface area contributed by atoms with Gasteiger partial charge in [-0.1, -0.05) is 29.8 Å². The Morgan fingerprint density at radius 2 is 1.96 bits per heavy atom. The summed E-state index contributed by atoms with van der Waals surface area (Å²) in [6, 6.07) is 14.0. The molecule has 0 spiro atoms. The van der Waals surface area contributed by atoms with E-state index in [1.807, 2.05) is 50.2 Å². The van der Waals surface area contributed by atoms with Gasteiger partial charge in [-0.05, 0) is 44.5 Å². The third-order valence-corrected chi connectivity index (χ3v) is 4.31. The van der Waals surface area contributed by atoms with Gasteiger partial charge in [0.15, 0.2) is 0 Å². The van der Waals surface area contributed by atoms with Crippen molar-refractivity contribution in [2.24, 2.45) is 0 Å². The third-order valence-electron chi connectivity index (χ3n) is 4.31. The molecule has 4 heteroatoms. The maximum absolute atomic E-state index is 12.4. The highest BCUT2D eigenvalue weighted by Gasteiger charge is 2.11. The molecule has 0 saturated heterocycles. The standard InChI is InChI=1S/C20H23N3O/c1-4-23-18-8-6-5-7-17(18)22-19(23)11-12-21-20(24)16-10-9-14(2)13-15(16)3/h5-10,13H,4,11-12H2,1-3H3,(H,21,24). The predicted molar refractivity (Wildman–Crippen MR) is 97.4 cm³/mol. The number of carbonyl (C=O) groups is 1. The van der Waals surface area contributed by atoms with Crippen LogP contribution in [0.15, 0.2) is 42.5 Å². The largest absolute Gasteiger partial charge is 0.352 e. The van der Waals surface area contributed by atoms with Gasteiger partial charge in [0.2, 0.25) is 0 Å². The smallest absolute Gasteiger partial charge is 0.251 e. The van der Waals surface area contributed by atoms with Crippen molar-refractivity contribution in [2.75, 3.05) is 6.54 Å². The summed E-state index contributed by atoms with van der Waals surface area (Å²) in [4.78, 5) is 17.0. The number of nitrogens with zero attached hydrogens (tertiary/aromatic N) is 2. The number of aromatic nitrogens is 2. The number of nitrogens with one attached hydrogen (secondary N) is 1. The SMILES string of the molecule is CCn1c(CCNC(=O)c2ccc(C)cc2C)nc2ccccc21. The van der Waals surface area contributed by atoms with Crippen LogP contribution in [-0.4, -0.2) is 22.0 Å². The van der Waals surface area contributed by atoms with Gasteiger partial charge in [-0.2, -0.15) is 0 Å². The fourth-order valence-corrected chi connectivity index (χ4v) is 3.12. The Kier molecular flexibility index (Phi) is 4.65. The molecule has 2 aromatic carbocycles. The summed E-state index contributed by atoms with van der Waals surface area (Å²) in [5.74, 6) is 0.992. The van der Waals surface area contributed by atoms with Crippen molar-refractivity contribution in [3.05, 3.63) is 65.0 Å². The van der Waals surface area contributed by atoms with Crippen LogP contribution in [0.1, 0.15) is 34.2 Å². The molecule has 0 aliphatic rings. The fraction of sp³-hybridized carbons (Fsp3) is 0.300. The summed E-state index contributed by atoms with van der Waals surface area (Å²) >= 11 is 0. The van der Waals surface area contributed by atoms with E-state index in [-0.39, 0.29) is 5.91 Å². The minimum absolute atomic E-state index is 0.0216. The number of carbonyl (C=O) groups excluding carboxylic acids is 1. The molecule has 3 aromatic rings. The second kappa shape index (κ2) is 6.87. The van der Waals surface area contributed by atoms with E-state index in [1.165, 1.54) is 5.56 Å². The minimum Gasteiger partial charge on any atom is -0.352 e. The van der Waals surface area contributed by atoms with E-state index in [4.69, 9.17) is 4.98 Å². The first-order valence-corrected chi connectivity index (χ1v) is 8.39. The Morgan fingerprint density at radius 3 is 2.71 bits per heavy atom. The van der Waals surface area contributed by atoms with Crippen LogP contribution in [0, 0.1) is 13.8 Å². The number of imidazole rings is 1. The lowest BCUT2D eigenvalue weighted by Crippen LogP contribution is -2.27. The van der Waals surface area contributed by atoms with Crippen molar-refractivity contribution in [2.45, 2.75) is 33.7 Å². The average molecular weight is 321 g/mol. The summed E-state index contributed by atoms with van der Waals surface area (Å²) in [6.45, 7) is 7.57. The molecule has 0 bridgehead atoms. The minimum atomic E-state index is -0.0216. The Bertz CT molecular complexity index is 880. The van der Waals surface area contributed by atoms with Crippen LogP contribution in [0.3, 0.4) is 0 Å². The second-order valence-corrected chi connectivity index (χ2v) is 6.09. The van der Waals surface area contributed by atoms with Crippen molar-refractivity contribution < 1.29 is 4.79 Å². The quantitative estimate of drug-likeness (QED) is 0.780. The van der Waals surface area contributed by atoms with Crippen LogP contribution in [0.2, 0.25) is 0 Å². The Morgan fingerprint density at radius 1 is 1.17 bits per heavy atom. The summed E-state index contributed by atoms with van der Waals surface area (Å²) < 4.78 is 2.21. The molecule has 1 N–H and O–H groups in total. The van der Waals surface area contributed by atoms with Gasteiger partial charge in [0.05, 0.1) is 11.0 Å². The van der Waals surface area contributed by atoms with E-state index < -0.39 is 0 Å².